The number of aromatic nitrogens is 1. The number of anilines is 1. The van der Waals surface area contributed by atoms with Crippen LogP contribution in [0.1, 0.15) is 11.1 Å². The highest BCUT2D eigenvalue weighted by molar-refractivity contribution is 5.47. The molecular formula is C14H14FN3O3. The first-order chi connectivity index (χ1) is 10.0. The van der Waals surface area contributed by atoms with E-state index < -0.39 is 4.92 Å². The minimum Gasteiger partial charge on any atom is -0.496 e. The van der Waals surface area contributed by atoms with E-state index in [-0.39, 0.29) is 11.5 Å². The van der Waals surface area contributed by atoms with Crippen molar-refractivity contribution >= 4 is 11.5 Å². The maximum atomic E-state index is 13.2. The van der Waals surface area contributed by atoms with Crippen molar-refractivity contribution in [3.63, 3.8) is 0 Å². The summed E-state index contributed by atoms with van der Waals surface area (Å²) in [6, 6.07) is 5.80. The van der Waals surface area contributed by atoms with E-state index in [4.69, 9.17) is 4.74 Å². The van der Waals surface area contributed by atoms with Gasteiger partial charge in [-0.3, -0.25) is 10.1 Å². The van der Waals surface area contributed by atoms with Crippen LogP contribution in [-0.2, 0) is 6.54 Å². The van der Waals surface area contributed by atoms with E-state index in [2.05, 4.69) is 10.3 Å². The Morgan fingerprint density at radius 2 is 2.19 bits per heavy atom. The minimum absolute atomic E-state index is 0.0381. The Labute approximate surface area is 120 Å². The lowest BCUT2D eigenvalue weighted by molar-refractivity contribution is -0.385. The molecule has 0 saturated carbocycles. The number of methoxy groups -OCH3 is 1. The van der Waals surface area contributed by atoms with Gasteiger partial charge in [-0.1, -0.05) is 0 Å². The summed E-state index contributed by atoms with van der Waals surface area (Å²) in [5.74, 6) is 0.674. The van der Waals surface area contributed by atoms with Crippen molar-refractivity contribution in [1.82, 2.24) is 4.98 Å². The highest BCUT2D eigenvalue weighted by Crippen LogP contribution is 2.22. The number of pyridine rings is 1. The lowest BCUT2D eigenvalue weighted by atomic mass is 10.2. The first kappa shape index (κ1) is 14.7. The Hall–Kier alpha value is -2.70. The second kappa shape index (κ2) is 6.17. The van der Waals surface area contributed by atoms with Crippen molar-refractivity contribution in [2.75, 3.05) is 12.4 Å². The maximum absolute atomic E-state index is 13.2. The van der Waals surface area contributed by atoms with Gasteiger partial charge in [0.05, 0.1) is 12.0 Å². The predicted molar refractivity (Wildman–Crippen MR) is 75.9 cm³/mol. The lowest BCUT2D eigenvalue weighted by Crippen LogP contribution is -2.04. The summed E-state index contributed by atoms with van der Waals surface area (Å²) in [6.45, 7) is 1.93. The van der Waals surface area contributed by atoms with Gasteiger partial charge in [0.15, 0.2) is 0 Å². The fourth-order valence-corrected chi connectivity index (χ4v) is 1.91. The van der Waals surface area contributed by atoms with Crippen LogP contribution in [0.2, 0.25) is 0 Å². The molecular weight excluding hydrogens is 277 g/mol. The van der Waals surface area contributed by atoms with Crippen LogP contribution in [-0.4, -0.2) is 17.0 Å². The van der Waals surface area contributed by atoms with Gasteiger partial charge in [-0.05, 0) is 31.2 Å². The third-order valence-electron chi connectivity index (χ3n) is 2.98. The van der Waals surface area contributed by atoms with Crippen LogP contribution in [0, 0.1) is 22.9 Å². The Morgan fingerprint density at radius 3 is 2.81 bits per heavy atom. The highest BCUT2D eigenvalue weighted by Gasteiger charge is 2.12. The molecule has 0 unspecified atom stereocenters. The van der Waals surface area contributed by atoms with Crippen molar-refractivity contribution in [2.45, 2.75) is 13.5 Å². The molecule has 0 aliphatic rings. The van der Waals surface area contributed by atoms with Crippen LogP contribution in [0.3, 0.4) is 0 Å². The van der Waals surface area contributed by atoms with Crippen molar-refractivity contribution < 1.29 is 14.1 Å². The molecule has 1 aromatic heterocycles. The van der Waals surface area contributed by atoms with Gasteiger partial charge in [-0.25, -0.2) is 9.37 Å². The number of nitro groups is 1. The topological polar surface area (TPSA) is 77.3 Å². The number of nitrogens with zero attached hydrogens (tertiary/aromatic N) is 2. The van der Waals surface area contributed by atoms with Crippen LogP contribution in [0.4, 0.5) is 15.9 Å². The molecule has 0 saturated heterocycles. The monoisotopic (exact) mass is 291 g/mol. The normalized spacial score (nSPS) is 10.2. The fourth-order valence-electron chi connectivity index (χ4n) is 1.91. The lowest BCUT2D eigenvalue weighted by Gasteiger charge is -2.10. The van der Waals surface area contributed by atoms with Crippen molar-refractivity contribution in [3.05, 3.63) is 57.5 Å². The Bertz CT molecular complexity index is 677. The molecule has 2 rings (SSSR count). The van der Waals surface area contributed by atoms with E-state index in [0.717, 1.165) is 0 Å². The van der Waals surface area contributed by atoms with Crippen LogP contribution in [0.25, 0.3) is 0 Å². The summed E-state index contributed by atoms with van der Waals surface area (Å²) in [6.07, 6.45) is 1.19. The standard InChI is InChI=1S/C14H14FN3O3/c1-9-5-14(17-8-12(9)18(19)20)16-7-10-6-11(15)3-4-13(10)21-2/h3-6,8H,7H2,1-2H3,(H,16,17). The zero-order valence-electron chi connectivity index (χ0n) is 11.6. The Balaban J connectivity index is 2.15. The molecule has 0 aliphatic heterocycles. The number of rotatable bonds is 5. The summed E-state index contributed by atoms with van der Waals surface area (Å²) in [5.41, 5.74) is 1.10. The summed E-state index contributed by atoms with van der Waals surface area (Å²) < 4.78 is 18.4. The van der Waals surface area contributed by atoms with Crippen LogP contribution < -0.4 is 10.1 Å². The SMILES string of the molecule is COc1ccc(F)cc1CNc1cc(C)c([N+](=O)[O-])cn1. The van der Waals surface area contributed by atoms with Crippen LogP contribution in [0.15, 0.2) is 30.5 Å². The third-order valence-corrected chi connectivity index (χ3v) is 2.98. The number of nitrogens with one attached hydrogen (secondary N) is 1. The average Bonchev–Trinajstić information content (AvgIpc) is 2.45. The van der Waals surface area contributed by atoms with Gasteiger partial charge < -0.3 is 10.1 Å². The van der Waals surface area contributed by atoms with Crippen LogP contribution in [0.5, 0.6) is 5.75 Å². The molecule has 0 spiro atoms. The van der Waals surface area contributed by atoms with Crippen molar-refractivity contribution in [3.8, 4) is 5.75 Å². The van der Waals surface area contributed by atoms with Gasteiger partial charge in [0.1, 0.15) is 23.6 Å². The van der Waals surface area contributed by atoms with Crippen molar-refractivity contribution in [2.24, 2.45) is 0 Å². The molecule has 0 amide bonds. The minimum atomic E-state index is -0.484. The Morgan fingerprint density at radius 1 is 1.43 bits per heavy atom. The second-order valence-corrected chi connectivity index (χ2v) is 4.42. The van der Waals surface area contributed by atoms with E-state index in [1.54, 1.807) is 19.1 Å². The zero-order chi connectivity index (χ0) is 15.4. The molecule has 0 aliphatic carbocycles. The molecule has 0 fully saturated rings. The van der Waals surface area contributed by atoms with E-state index in [1.165, 1.54) is 25.4 Å². The first-order valence-corrected chi connectivity index (χ1v) is 6.18. The van der Waals surface area contributed by atoms with Crippen molar-refractivity contribution in [1.29, 1.82) is 0 Å². The predicted octanol–water partition coefficient (Wildman–Crippen LogP) is 3.06. The quantitative estimate of drug-likeness (QED) is 0.676. The molecule has 2 aromatic rings. The molecule has 0 radical (unpaired) electrons. The van der Waals surface area contributed by atoms with Crippen LogP contribution >= 0.6 is 0 Å². The molecule has 0 atom stereocenters. The summed E-state index contributed by atoms with van der Waals surface area (Å²) in [7, 11) is 1.50. The molecule has 0 bridgehead atoms. The molecule has 6 nitrogen and oxygen atoms in total. The molecule has 1 heterocycles. The third kappa shape index (κ3) is 3.44. The van der Waals surface area contributed by atoms with E-state index in [0.29, 0.717) is 29.2 Å². The molecule has 1 N–H and O–H groups in total. The van der Waals surface area contributed by atoms with E-state index in [1.807, 2.05) is 0 Å². The molecule has 21 heavy (non-hydrogen) atoms. The summed E-state index contributed by atoms with van der Waals surface area (Å²) >= 11 is 0. The number of aryl methyl sites for hydroxylation is 1. The van der Waals surface area contributed by atoms with Gasteiger partial charge in [0.2, 0.25) is 0 Å². The van der Waals surface area contributed by atoms with Gasteiger partial charge in [0.25, 0.3) is 5.69 Å². The van der Waals surface area contributed by atoms with Gasteiger partial charge in [0, 0.05) is 17.7 Å². The smallest absolute Gasteiger partial charge is 0.290 e. The van der Waals surface area contributed by atoms with E-state index >= 15 is 0 Å². The zero-order valence-corrected chi connectivity index (χ0v) is 11.6. The number of halogens is 1. The largest absolute Gasteiger partial charge is 0.496 e. The summed E-state index contributed by atoms with van der Waals surface area (Å²) in [4.78, 5) is 14.2. The first-order valence-electron chi connectivity index (χ1n) is 6.18. The number of benzene rings is 1. The molecule has 110 valence electrons. The number of hydrogen-bond donors (Lipinski definition) is 1. The van der Waals surface area contributed by atoms with Gasteiger partial charge >= 0.3 is 0 Å². The van der Waals surface area contributed by atoms with Gasteiger partial charge in [-0.15, -0.1) is 0 Å². The molecule has 7 heteroatoms. The number of hydrogen-bond acceptors (Lipinski definition) is 5. The fraction of sp³-hybridized carbons (Fsp3) is 0.214. The highest BCUT2D eigenvalue weighted by atomic mass is 19.1. The Kier molecular flexibility index (Phi) is 4.32. The number of ether oxygens (including phenoxy) is 1. The summed E-state index contributed by atoms with van der Waals surface area (Å²) in [5, 5.41) is 13.7. The molecule has 1 aromatic carbocycles. The van der Waals surface area contributed by atoms with Gasteiger partial charge in [-0.2, -0.15) is 0 Å². The second-order valence-electron chi connectivity index (χ2n) is 4.42. The van der Waals surface area contributed by atoms with E-state index in [9.17, 15) is 14.5 Å². The maximum Gasteiger partial charge on any atom is 0.290 e. The average molecular weight is 291 g/mol.